The minimum absolute atomic E-state index is 0.136. The number of fused-ring (bicyclic) bond motifs is 1. The van der Waals surface area contributed by atoms with Crippen molar-refractivity contribution < 1.29 is 14.3 Å². The molecule has 24 heavy (non-hydrogen) atoms. The molecule has 0 saturated heterocycles. The lowest BCUT2D eigenvalue weighted by molar-refractivity contribution is 0.0731. The largest absolute Gasteiger partial charge is 0.457 e. The Kier molecular flexibility index (Phi) is 4.05. The molecule has 2 atom stereocenters. The molecular weight excluding hydrogens is 302 g/mol. The summed E-state index contributed by atoms with van der Waals surface area (Å²) in [6, 6.07) is 16.0. The second kappa shape index (κ2) is 6.49. The van der Waals surface area contributed by atoms with Crippen LogP contribution in [0.4, 0.5) is 0 Å². The Labute approximate surface area is 140 Å². The number of rotatable bonds is 4. The first-order chi connectivity index (χ1) is 11.8. The van der Waals surface area contributed by atoms with E-state index in [0.29, 0.717) is 5.89 Å². The van der Waals surface area contributed by atoms with E-state index in [1.54, 1.807) is 6.20 Å². The maximum atomic E-state index is 10.4. The molecule has 2 aromatic carbocycles. The van der Waals surface area contributed by atoms with Crippen LogP contribution >= 0.6 is 0 Å². The van der Waals surface area contributed by atoms with Gasteiger partial charge in [-0.2, -0.15) is 0 Å². The number of para-hydroxylation sites is 1. The molecule has 0 fully saturated rings. The summed E-state index contributed by atoms with van der Waals surface area (Å²) >= 11 is 0. The van der Waals surface area contributed by atoms with Gasteiger partial charge in [-0.1, -0.05) is 24.3 Å². The maximum absolute atomic E-state index is 10.4. The van der Waals surface area contributed by atoms with Crippen molar-refractivity contribution in [3.63, 3.8) is 0 Å². The molecule has 1 aromatic heterocycles. The molecule has 122 valence electrons. The molecule has 1 aliphatic carbocycles. The summed E-state index contributed by atoms with van der Waals surface area (Å²) in [6.07, 6.45) is 5.08. The Morgan fingerprint density at radius 2 is 1.96 bits per heavy atom. The van der Waals surface area contributed by atoms with Gasteiger partial charge in [-0.3, -0.25) is 0 Å². The van der Waals surface area contributed by atoms with Crippen molar-refractivity contribution in [1.29, 1.82) is 0 Å². The monoisotopic (exact) mass is 321 g/mol. The number of benzene rings is 2. The van der Waals surface area contributed by atoms with E-state index in [4.69, 9.17) is 9.15 Å². The number of nitrogens with zero attached hydrogens (tertiary/aromatic N) is 1. The number of aromatic nitrogens is 1. The van der Waals surface area contributed by atoms with Crippen LogP contribution in [-0.2, 0) is 12.8 Å². The van der Waals surface area contributed by atoms with Gasteiger partial charge in [0.05, 0.1) is 6.20 Å². The Morgan fingerprint density at radius 1 is 1.08 bits per heavy atom. The second-order valence-corrected chi connectivity index (χ2v) is 6.16. The lowest BCUT2D eigenvalue weighted by atomic mass is 9.81. The second-order valence-electron chi connectivity index (χ2n) is 6.16. The average molecular weight is 321 g/mol. The summed E-state index contributed by atoms with van der Waals surface area (Å²) < 4.78 is 11.1. The van der Waals surface area contributed by atoms with Gasteiger partial charge in [0.2, 0.25) is 5.89 Å². The van der Waals surface area contributed by atoms with Crippen LogP contribution < -0.4 is 4.74 Å². The van der Waals surface area contributed by atoms with Crippen molar-refractivity contribution in [2.75, 3.05) is 0 Å². The molecule has 0 bridgehead atoms. The lowest BCUT2D eigenvalue weighted by Crippen LogP contribution is -2.21. The molecule has 0 saturated carbocycles. The molecule has 0 amide bonds. The standard InChI is InChI=1S/C20H19NO3/c22-19(20-21-10-11-23-20)16-7-6-15-13-18(9-8-14(15)12-16)24-17-4-2-1-3-5-17/h1-5,8-11,13,16,19,22H,6-7,12H2. The van der Waals surface area contributed by atoms with E-state index in [9.17, 15) is 5.11 Å². The molecule has 1 aliphatic rings. The summed E-state index contributed by atoms with van der Waals surface area (Å²) in [6.45, 7) is 0. The zero-order valence-corrected chi connectivity index (χ0v) is 13.3. The summed E-state index contributed by atoms with van der Waals surface area (Å²) in [7, 11) is 0. The van der Waals surface area contributed by atoms with Crippen LogP contribution in [0.1, 0.15) is 29.5 Å². The molecule has 4 heteroatoms. The fourth-order valence-electron chi connectivity index (χ4n) is 3.30. The van der Waals surface area contributed by atoms with Crippen molar-refractivity contribution >= 4 is 0 Å². The predicted octanol–water partition coefficient (Wildman–Crippen LogP) is 4.31. The Bertz CT molecular complexity index is 799. The molecule has 1 heterocycles. The van der Waals surface area contributed by atoms with Crippen LogP contribution in [0.25, 0.3) is 0 Å². The fraction of sp³-hybridized carbons (Fsp3) is 0.250. The SMILES string of the molecule is OC(c1ncco1)C1CCc2cc(Oc3ccccc3)ccc2C1. The highest BCUT2D eigenvalue weighted by atomic mass is 16.5. The lowest BCUT2D eigenvalue weighted by Gasteiger charge is -2.27. The van der Waals surface area contributed by atoms with E-state index in [1.165, 1.54) is 17.4 Å². The first-order valence-electron chi connectivity index (χ1n) is 8.22. The Morgan fingerprint density at radius 3 is 2.75 bits per heavy atom. The van der Waals surface area contributed by atoms with Gasteiger partial charge in [0.25, 0.3) is 0 Å². The van der Waals surface area contributed by atoms with Gasteiger partial charge in [-0.05, 0) is 60.6 Å². The number of hydrogen-bond acceptors (Lipinski definition) is 4. The van der Waals surface area contributed by atoms with Crippen molar-refractivity contribution in [2.24, 2.45) is 5.92 Å². The molecule has 2 unspecified atom stereocenters. The van der Waals surface area contributed by atoms with Gasteiger partial charge >= 0.3 is 0 Å². The molecule has 3 aromatic rings. The van der Waals surface area contributed by atoms with Crippen LogP contribution in [0.15, 0.2) is 65.4 Å². The van der Waals surface area contributed by atoms with Crippen LogP contribution in [0.3, 0.4) is 0 Å². The van der Waals surface area contributed by atoms with Gasteiger partial charge in [0.1, 0.15) is 23.9 Å². The summed E-state index contributed by atoms with van der Waals surface area (Å²) in [5.41, 5.74) is 2.55. The maximum Gasteiger partial charge on any atom is 0.223 e. The number of aliphatic hydroxyl groups excluding tert-OH is 1. The number of oxazole rings is 1. The van der Waals surface area contributed by atoms with Gasteiger partial charge in [-0.25, -0.2) is 4.98 Å². The van der Waals surface area contributed by atoms with Crippen molar-refractivity contribution in [2.45, 2.75) is 25.4 Å². The zero-order chi connectivity index (χ0) is 16.4. The first kappa shape index (κ1) is 15.0. The minimum Gasteiger partial charge on any atom is -0.457 e. The van der Waals surface area contributed by atoms with E-state index in [-0.39, 0.29) is 5.92 Å². The van der Waals surface area contributed by atoms with E-state index in [0.717, 1.165) is 30.8 Å². The third-order valence-electron chi connectivity index (χ3n) is 4.57. The topological polar surface area (TPSA) is 55.5 Å². The van der Waals surface area contributed by atoms with Gasteiger partial charge in [0.15, 0.2) is 0 Å². The van der Waals surface area contributed by atoms with Crippen LogP contribution in [-0.4, -0.2) is 10.1 Å². The highest BCUT2D eigenvalue weighted by Gasteiger charge is 2.28. The van der Waals surface area contributed by atoms with E-state index < -0.39 is 6.10 Å². The Hall–Kier alpha value is -2.59. The molecule has 4 nitrogen and oxygen atoms in total. The summed E-state index contributed by atoms with van der Waals surface area (Å²) in [5.74, 6) is 2.24. The number of aliphatic hydroxyl groups is 1. The van der Waals surface area contributed by atoms with Crippen LogP contribution in [0, 0.1) is 5.92 Å². The highest BCUT2D eigenvalue weighted by Crippen LogP contribution is 2.35. The third kappa shape index (κ3) is 3.05. The zero-order valence-electron chi connectivity index (χ0n) is 13.3. The smallest absolute Gasteiger partial charge is 0.223 e. The molecule has 0 spiro atoms. The third-order valence-corrected chi connectivity index (χ3v) is 4.57. The number of hydrogen-bond donors (Lipinski definition) is 1. The van der Waals surface area contributed by atoms with Gasteiger partial charge < -0.3 is 14.3 Å². The van der Waals surface area contributed by atoms with Crippen LogP contribution in [0.2, 0.25) is 0 Å². The van der Waals surface area contributed by atoms with Crippen LogP contribution in [0.5, 0.6) is 11.5 Å². The molecule has 0 radical (unpaired) electrons. The number of aryl methyl sites for hydroxylation is 1. The highest BCUT2D eigenvalue weighted by molar-refractivity contribution is 5.40. The normalized spacial score (nSPS) is 18.0. The number of ether oxygens (including phenoxy) is 1. The Balaban J connectivity index is 1.49. The summed E-state index contributed by atoms with van der Waals surface area (Å²) in [5, 5.41) is 10.4. The van der Waals surface area contributed by atoms with Gasteiger partial charge in [-0.15, -0.1) is 0 Å². The van der Waals surface area contributed by atoms with Gasteiger partial charge in [0, 0.05) is 0 Å². The first-order valence-corrected chi connectivity index (χ1v) is 8.22. The van der Waals surface area contributed by atoms with Crippen molar-refractivity contribution in [3.8, 4) is 11.5 Å². The summed E-state index contributed by atoms with van der Waals surface area (Å²) in [4.78, 5) is 4.07. The van der Waals surface area contributed by atoms with Crippen molar-refractivity contribution in [1.82, 2.24) is 4.98 Å². The molecule has 4 rings (SSSR count). The quantitative estimate of drug-likeness (QED) is 0.778. The molecular formula is C20H19NO3. The van der Waals surface area contributed by atoms with E-state index in [1.807, 2.05) is 36.4 Å². The average Bonchev–Trinajstić information content (AvgIpc) is 3.16. The molecule has 0 aliphatic heterocycles. The molecule has 1 N–H and O–H groups in total. The predicted molar refractivity (Wildman–Crippen MR) is 89.9 cm³/mol. The minimum atomic E-state index is -0.645. The van der Waals surface area contributed by atoms with E-state index >= 15 is 0 Å². The van der Waals surface area contributed by atoms with E-state index in [2.05, 4.69) is 17.1 Å². The van der Waals surface area contributed by atoms with Crippen molar-refractivity contribution in [3.05, 3.63) is 78.0 Å². The fourth-order valence-corrected chi connectivity index (χ4v) is 3.30.